The van der Waals surface area contributed by atoms with Crippen molar-refractivity contribution in [3.8, 4) is 5.75 Å². The number of phenolic OH excluding ortho intramolecular Hbond substituents is 1. The van der Waals surface area contributed by atoms with Crippen molar-refractivity contribution in [2.24, 2.45) is 5.92 Å². The topological polar surface area (TPSA) is 62.7 Å². The zero-order valence-electron chi connectivity index (χ0n) is 13.6. The number of nitrogens with zero attached hydrogens (tertiary/aromatic N) is 2. The number of ether oxygens (including phenoxy) is 1. The van der Waals surface area contributed by atoms with Crippen molar-refractivity contribution >= 4 is 5.91 Å². The maximum atomic E-state index is 12.7. The van der Waals surface area contributed by atoms with E-state index in [2.05, 4.69) is 11.6 Å². The van der Waals surface area contributed by atoms with E-state index in [0.29, 0.717) is 24.4 Å². The summed E-state index contributed by atoms with van der Waals surface area (Å²) >= 11 is 0. The van der Waals surface area contributed by atoms with Crippen LogP contribution in [-0.4, -0.2) is 41.1 Å². The van der Waals surface area contributed by atoms with Crippen molar-refractivity contribution in [3.05, 3.63) is 72.3 Å². The minimum Gasteiger partial charge on any atom is -0.508 e. The molecule has 5 nitrogen and oxygen atoms in total. The number of carbonyl (C=O) groups is 1. The van der Waals surface area contributed by atoms with E-state index >= 15 is 0 Å². The molecule has 3 rings (SSSR count). The highest BCUT2D eigenvalue weighted by atomic mass is 16.5. The summed E-state index contributed by atoms with van der Waals surface area (Å²) < 4.78 is 5.33. The van der Waals surface area contributed by atoms with E-state index in [0.717, 1.165) is 5.56 Å². The summed E-state index contributed by atoms with van der Waals surface area (Å²) in [6.45, 7) is 4.97. The number of rotatable bonds is 4. The van der Waals surface area contributed by atoms with Crippen LogP contribution < -0.4 is 0 Å². The maximum Gasteiger partial charge on any atom is 0.255 e. The van der Waals surface area contributed by atoms with E-state index < -0.39 is 0 Å². The maximum absolute atomic E-state index is 12.7. The van der Waals surface area contributed by atoms with Gasteiger partial charge in [-0.3, -0.25) is 9.78 Å². The highest BCUT2D eigenvalue weighted by molar-refractivity contribution is 5.94. The first-order valence-corrected chi connectivity index (χ1v) is 7.81. The van der Waals surface area contributed by atoms with Gasteiger partial charge in [-0.25, -0.2) is 0 Å². The summed E-state index contributed by atoms with van der Waals surface area (Å²) in [6, 6.07) is 10.7. The van der Waals surface area contributed by atoms with Crippen molar-refractivity contribution in [2.45, 2.75) is 5.92 Å². The number of phenols is 1. The molecular formula is C19H20N2O3. The smallest absolute Gasteiger partial charge is 0.255 e. The van der Waals surface area contributed by atoms with Gasteiger partial charge in [0.2, 0.25) is 0 Å². The summed E-state index contributed by atoms with van der Waals surface area (Å²) in [5.41, 5.74) is 1.36. The van der Waals surface area contributed by atoms with Crippen LogP contribution in [0.3, 0.4) is 0 Å². The quantitative estimate of drug-likeness (QED) is 0.879. The van der Waals surface area contributed by atoms with Crippen LogP contribution in [0.25, 0.3) is 0 Å². The van der Waals surface area contributed by atoms with E-state index in [-0.39, 0.29) is 23.5 Å². The Balaban J connectivity index is 1.90. The van der Waals surface area contributed by atoms with E-state index in [4.69, 9.17) is 4.74 Å². The lowest BCUT2D eigenvalue weighted by Crippen LogP contribution is -2.29. The van der Waals surface area contributed by atoms with Gasteiger partial charge in [-0.1, -0.05) is 24.8 Å². The van der Waals surface area contributed by atoms with Crippen LogP contribution >= 0.6 is 0 Å². The summed E-state index contributed by atoms with van der Waals surface area (Å²) in [4.78, 5) is 18.5. The van der Waals surface area contributed by atoms with Gasteiger partial charge in [0, 0.05) is 37.3 Å². The third-order valence-corrected chi connectivity index (χ3v) is 4.53. The second-order valence-corrected chi connectivity index (χ2v) is 5.89. The lowest BCUT2D eigenvalue weighted by atomic mass is 9.87. The Hall–Kier alpha value is -2.82. The molecule has 0 spiro atoms. The Labute approximate surface area is 141 Å². The highest BCUT2D eigenvalue weighted by Gasteiger charge is 2.39. The normalized spacial score (nSPS) is 20.0. The number of carbonyl (C=O) groups excluding carboxylic acids is 1. The van der Waals surface area contributed by atoms with Crippen LogP contribution in [0, 0.1) is 5.92 Å². The number of benzene rings is 1. The molecule has 1 aromatic heterocycles. The first-order valence-electron chi connectivity index (χ1n) is 7.81. The van der Waals surface area contributed by atoms with Crippen molar-refractivity contribution in [1.29, 1.82) is 0 Å². The Kier molecular flexibility index (Phi) is 4.51. The molecule has 5 heteroatoms. The van der Waals surface area contributed by atoms with E-state index in [9.17, 15) is 9.90 Å². The second-order valence-electron chi connectivity index (χ2n) is 5.89. The van der Waals surface area contributed by atoms with Gasteiger partial charge in [-0.15, -0.1) is 0 Å². The molecule has 0 saturated carbocycles. The van der Waals surface area contributed by atoms with Gasteiger partial charge in [0.05, 0.1) is 18.4 Å². The van der Waals surface area contributed by atoms with Crippen LogP contribution in [-0.2, 0) is 4.74 Å². The average Bonchev–Trinajstić information content (AvgIpc) is 3.06. The number of likely N-dealkylation sites (tertiary alicyclic amines) is 1. The molecule has 1 fully saturated rings. The SMILES string of the molecule is C=C(OC)[C@@H]1CN(C(=O)c2cccnc2)C[C@@H]1c1ccccc1O. The number of hydrogen-bond acceptors (Lipinski definition) is 4. The molecule has 1 aromatic carbocycles. The van der Waals surface area contributed by atoms with Crippen molar-refractivity contribution < 1.29 is 14.6 Å². The molecule has 0 aliphatic carbocycles. The van der Waals surface area contributed by atoms with Gasteiger partial charge in [0.1, 0.15) is 5.75 Å². The summed E-state index contributed by atoms with van der Waals surface area (Å²) in [5, 5.41) is 10.2. The van der Waals surface area contributed by atoms with E-state index in [1.54, 1.807) is 48.7 Å². The van der Waals surface area contributed by atoms with Crippen LogP contribution in [0.15, 0.2) is 61.1 Å². The molecule has 2 heterocycles. The molecule has 124 valence electrons. The van der Waals surface area contributed by atoms with Gasteiger partial charge in [0.25, 0.3) is 5.91 Å². The third-order valence-electron chi connectivity index (χ3n) is 4.53. The molecule has 1 N–H and O–H groups in total. The van der Waals surface area contributed by atoms with Crippen molar-refractivity contribution in [3.63, 3.8) is 0 Å². The first kappa shape index (κ1) is 16.1. The fourth-order valence-electron chi connectivity index (χ4n) is 3.24. The predicted octanol–water partition coefficient (Wildman–Crippen LogP) is 2.80. The van der Waals surface area contributed by atoms with Gasteiger partial charge in [-0.05, 0) is 23.8 Å². The summed E-state index contributed by atoms with van der Waals surface area (Å²) in [5.74, 6) is 0.648. The van der Waals surface area contributed by atoms with Crippen molar-refractivity contribution in [1.82, 2.24) is 9.88 Å². The minimum atomic E-state index is -0.0741. The zero-order chi connectivity index (χ0) is 17.1. The fourth-order valence-corrected chi connectivity index (χ4v) is 3.24. The Morgan fingerprint density at radius 1 is 1.29 bits per heavy atom. The highest BCUT2D eigenvalue weighted by Crippen LogP contribution is 2.40. The van der Waals surface area contributed by atoms with Gasteiger partial charge >= 0.3 is 0 Å². The monoisotopic (exact) mass is 324 g/mol. The van der Waals surface area contributed by atoms with Crippen LogP contribution in [0.5, 0.6) is 5.75 Å². The molecule has 1 aliphatic heterocycles. The number of aromatic nitrogens is 1. The van der Waals surface area contributed by atoms with Crippen LogP contribution in [0.2, 0.25) is 0 Å². The van der Waals surface area contributed by atoms with Crippen LogP contribution in [0.1, 0.15) is 21.8 Å². The van der Waals surface area contributed by atoms with Gasteiger partial charge in [0.15, 0.2) is 0 Å². The molecule has 0 unspecified atom stereocenters. The minimum absolute atomic E-state index is 0.0562. The Morgan fingerprint density at radius 2 is 2.08 bits per heavy atom. The number of amides is 1. The lowest BCUT2D eigenvalue weighted by molar-refractivity contribution is 0.0784. The summed E-state index contributed by atoms with van der Waals surface area (Å²) in [7, 11) is 1.58. The first-order chi connectivity index (χ1) is 11.6. The van der Waals surface area contributed by atoms with Gasteiger partial charge < -0.3 is 14.7 Å². The summed E-state index contributed by atoms with van der Waals surface area (Å²) in [6.07, 6.45) is 3.21. The molecule has 0 bridgehead atoms. The predicted molar refractivity (Wildman–Crippen MR) is 90.6 cm³/mol. The largest absolute Gasteiger partial charge is 0.508 e. The molecule has 0 radical (unpaired) electrons. The molecule has 1 amide bonds. The standard InChI is InChI=1S/C19H20N2O3/c1-13(24-2)16-11-21(19(23)14-6-5-9-20-10-14)12-17(16)15-7-3-4-8-18(15)22/h3-10,16-17,22H,1,11-12H2,2H3/t16-,17+/m0/s1. The van der Waals surface area contributed by atoms with E-state index in [1.807, 2.05) is 12.1 Å². The van der Waals surface area contributed by atoms with Crippen LogP contribution in [0.4, 0.5) is 0 Å². The number of hydrogen-bond donors (Lipinski definition) is 1. The number of pyridine rings is 1. The number of methoxy groups -OCH3 is 1. The average molecular weight is 324 g/mol. The van der Waals surface area contributed by atoms with Crippen molar-refractivity contribution in [2.75, 3.05) is 20.2 Å². The molecule has 1 saturated heterocycles. The van der Waals surface area contributed by atoms with E-state index in [1.165, 1.54) is 0 Å². The molecule has 2 atom stereocenters. The molecular weight excluding hydrogens is 304 g/mol. The Bertz CT molecular complexity index is 745. The third kappa shape index (κ3) is 2.97. The number of aromatic hydroxyl groups is 1. The zero-order valence-corrected chi connectivity index (χ0v) is 13.6. The van der Waals surface area contributed by atoms with Gasteiger partial charge in [-0.2, -0.15) is 0 Å². The molecule has 2 aromatic rings. The molecule has 24 heavy (non-hydrogen) atoms. The second kappa shape index (κ2) is 6.74. The molecule has 1 aliphatic rings. The lowest BCUT2D eigenvalue weighted by Gasteiger charge is -2.20. The number of para-hydroxylation sites is 1. The fraction of sp³-hybridized carbons (Fsp3) is 0.263. The Morgan fingerprint density at radius 3 is 2.75 bits per heavy atom.